The van der Waals surface area contributed by atoms with Crippen molar-refractivity contribution in [2.24, 2.45) is 0 Å². The molecule has 0 aliphatic carbocycles. The number of carbonyl (C=O) groups excluding carboxylic acids is 2. The average Bonchev–Trinajstić information content (AvgIpc) is 2.79. The maximum absolute atomic E-state index is 12.8. The van der Waals surface area contributed by atoms with Crippen LogP contribution in [0.15, 0.2) is 72.6 Å². The summed E-state index contributed by atoms with van der Waals surface area (Å²) in [7, 11) is 0. The molecule has 2 aliphatic heterocycles. The van der Waals surface area contributed by atoms with Gasteiger partial charge in [-0.1, -0.05) is 30.3 Å². The van der Waals surface area contributed by atoms with Crippen LogP contribution in [0, 0.1) is 10.1 Å². The molecular weight excluding hydrogens is 438 g/mol. The summed E-state index contributed by atoms with van der Waals surface area (Å²) in [5.41, 5.74) is 3.06. The molecule has 34 heavy (non-hydrogen) atoms. The smallest absolute Gasteiger partial charge is 0.349 e. The molecule has 3 aromatic rings. The number of ether oxygens (including phenoxy) is 2. The quantitative estimate of drug-likeness (QED) is 0.188. The molecule has 0 amide bonds. The average molecular weight is 457 g/mol. The van der Waals surface area contributed by atoms with Crippen molar-refractivity contribution >= 4 is 39.8 Å². The summed E-state index contributed by atoms with van der Waals surface area (Å²) in [4.78, 5) is 42.5. The number of hydrogen-bond acceptors (Lipinski definition) is 8. The molecule has 3 heterocycles. The van der Waals surface area contributed by atoms with E-state index in [0.717, 1.165) is 10.9 Å². The van der Waals surface area contributed by atoms with Crippen LogP contribution in [-0.4, -0.2) is 27.6 Å². The van der Waals surface area contributed by atoms with Crippen molar-refractivity contribution in [3.8, 4) is 0 Å². The Bertz CT molecular complexity index is 1400. The highest BCUT2D eigenvalue weighted by atomic mass is 16.7. The second kappa shape index (κ2) is 7.80. The van der Waals surface area contributed by atoms with Crippen LogP contribution in [0.25, 0.3) is 16.5 Å². The van der Waals surface area contributed by atoms with Crippen molar-refractivity contribution in [3.05, 3.63) is 93.8 Å². The minimum absolute atomic E-state index is 0.00900. The molecule has 0 atom stereocenters. The lowest BCUT2D eigenvalue weighted by atomic mass is 9.92. The van der Waals surface area contributed by atoms with Gasteiger partial charge in [0.05, 0.1) is 16.1 Å². The van der Waals surface area contributed by atoms with Gasteiger partial charge in [-0.15, -0.1) is 0 Å². The number of esters is 2. The molecule has 0 N–H and O–H groups in total. The zero-order valence-corrected chi connectivity index (χ0v) is 18.3. The lowest BCUT2D eigenvalue weighted by Crippen LogP contribution is -2.42. The third-order valence-corrected chi connectivity index (χ3v) is 5.60. The summed E-state index contributed by atoms with van der Waals surface area (Å²) in [6.45, 7) is 3.39. The molecule has 170 valence electrons. The fourth-order valence-electron chi connectivity index (χ4n) is 4.11. The molecule has 0 saturated carbocycles. The number of pyridine rings is 1. The minimum atomic E-state index is -1.34. The van der Waals surface area contributed by atoms with Crippen molar-refractivity contribution in [3.63, 3.8) is 0 Å². The Morgan fingerprint density at radius 3 is 2.41 bits per heavy atom. The van der Waals surface area contributed by atoms with Crippen LogP contribution in [0.2, 0.25) is 0 Å². The van der Waals surface area contributed by atoms with E-state index in [0.29, 0.717) is 28.9 Å². The second-order valence-corrected chi connectivity index (χ2v) is 8.37. The van der Waals surface area contributed by atoms with Gasteiger partial charge >= 0.3 is 11.9 Å². The predicted octanol–water partition coefficient (Wildman–Crippen LogP) is 4.27. The Kier molecular flexibility index (Phi) is 4.89. The number of non-ortho nitro benzene ring substituents is 1. The molecule has 5 rings (SSSR count). The van der Waals surface area contributed by atoms with Gasteiger partial charge in [0.25, 0.3) is 11.5 Å². The monoisotopic (exact) mass is 457 g/mol. The Hall–Kier alpha value is -4.53. The number of allylic oxidation sites excluding steroid dienone is 2. The number of rotatable bonds is 3. The second-order valence-electron chi connectivity index (χ2n) is 8.37. The molecule has 9 heteroatoms. The molecule has 9 nitrogen and oxygen atoms in total. The lowest BCUT2D eigenvalue weighted by molar-refractivity contribution is -0.384. The van der Waals surface area contributed by atoms with E-state index in [4.69, 9.17) is 9.47 Å². The fraction of sp³-hybridized carbons (Fsp3) is 0.160. The number of nitrogens with zero attached hydrogens (tertiary/aromatic N) is 3. The molecule has 2 aromatic carbocycles. The van der Waals surface area contributed by atoms with Crippen molar-refractivity contribution in [2.75, 3.05) is 4.90 Å². The summed E-state index contributed by atoms with van der Waals surface area (Å²) in [6.07, 6.45) is 5.09. The standard InChI is InChI=1S/C25H19N3O6/c1-25(2)33-23(29)20(24(30)34-25)18-11-13-27(14-15-5-8-17(9-6-15)28(31)32)22-19(18)10-7-16-4-3-12-26-21(16)22/h3-13H,14H2,1-2H3. The van der Waals surface area contributed by atoms with Crippen LogP contribution in [-0.2, 0) is 25.6 Å². The molecule has 1 aromatic heterocycles. The van der Waals surface area contributed by atoms with Gasteiger partial charge in [-0.2, -0.15) is 0 Å². The number of benzene rings is 2. The summed E-state index contributed by atoms with van der Waals surface area (Å²) in [6, 6.07) is 13.7. The van der Waals surface area contributed by atoms with E-state index < -0.39 is 22.6 Å². The number of nitro benzene ring substituents is 1. The van der Waals surface area contributed by atoms with E-state index in [1.165, 1.54) is 26.0 Å². The number of anilines is 1. The van der Waals surface area contributed by atoms with E-state index in [-0.39, 0.29) is 11.3 Å². The maximum atomic E-state index is 12.8. The molecule has 0 bridgehead atoms. The Labute approximate surface area is 194 Å². The van der Waals surface area contributed by atoms with Crippen LogP contribution >= 0.6 is 0 Å². The minimum Gasteiger partial charge on any atom is -0.419 e. The molecule has 1 fully saturated rings. The SMILES string of the molecule is CC1(C)OC(=O)C(=C2C=CN(Cc3ccc([N+](=O)[O-])cc3)c3c2ccc2cccnc32)C(=O)O1. The Morgan fingerprint density at radius 1 is 1.03 bits per heavy atom. The maximum Gasteiger partial charge on any atom is 0.349 e. The first-order valence-electron chi connectivity index (χ1n) is 10.5. The predicted molar refractivity (Wildman–Crippen MR) is 123 cm³/mol. The van der Waals surface area contributed by atoms with E-state index in [2.05, 4.69) is 4.98 Å². The molecule has 0 radical (unpaired) electrons. The van der Waals surface area contributed by atoms with E-state index >= 15 is 0 Å². The first-order chi connectivity index (χ1) is 16.2. The van der Waals surface area contributed by atoms with Gasteiger partial charge in [-0.25, -0.2) is 9.59 Å². The van der Waals surface area contributed by atoms with Crippen LogP contribution in [0.3, 0.4) is 0 Å². The Morgan fingerprint density at radius 2 is 1.74 bits per heavy atom. The summed E-state index contributed by atoms with van der Waals surface area (Å²) < 4.78 is 10.6. The van der Waals surface area contributed by atoms with Gasteiger partial charge < -0.3 is 14.4 Å². The number of carbonyl (C=O) groups is 2. The first-order valence-corrected chi connectivity index (χ1v) is 10.5. The number of fused-ring (bicyclic) bond motifs is 3. The van der Waals surface area contributed by atoms with E-state index in [9.17, 15) is 19.7 Å². The highest BCUT2D eigenvalue weighted by Gasteiger charge is 2.41. The molecule has 2 aliphatic rings. The molecule has 1 saturated heterocycles. The fourth-order valence-corrected chi connectivity index (χ4v) is 4.11. The van der Waals surface area contributed by atoms with Crippen LogP contribution in [0.5, 0.6) is 0 Å². The normalized spacial score (nSPS) is 16.8. The molecule has 0 unspecified atom stereocenters. The van der Waals surface area contributed by atoms with Crippen molar-refractivity contribution < 1.29 is 24.0 Å². The van der Waals surface area contributed by atoms with E-state index in [1.807, 2.05) is 29.2 Å². The summed E-state index contributed by atoms with van der Waals surface area (Å²) in [5, 5.41) is 11.9. The van der Waals surface area contributed by atoms with Gasteiger partial charge in [0.15, 0.2) is 5.57 Å². The summed E-state index contributed by atoms with van der Waals surface area (Å²) >= 11 is 0. The molecule has 0 spiro atoms. The van der Waals surface area contributed by atoms with Gasteiger partial charge in [-0.3, -0.25) is 15.1 Å². The van der Waals surface area contributed by atoms with Crippen molar-refractivity contribution in [2.45, 2.75) is 26.2 Å². The first kappa shape index (κ1) is 21.3. The highest BCUT2D eigenvalue weighted by molar-refractivity contribution is 6.23. The van der Waals surface area contributed by atoms with Crippen molar-refractivity contribution in [1.29, 1.82) is 0 Å². The lowest BCUT2D eigenvalue weighted by Gasteiger charge is -2.33. The number of nitro groups is 1. The number of hydrogen-bond donors (Lipinski definition) is 0. The topological polar surface area (TPSA) is 112 Å². The van der Waals surface area contributed by atoms with Gasteiger partial charge in [0, 0.05) is 61.4 Å². The third-order valence-electron chi connectivity index (χ3n) is 5.60. The Balaban J connectivity index is 1.64. The van der Waals surface area contributed by atoms with Gasteiger partial charge in [0.1, 0.15) is 0 Å². The summed E-state index contributed by atoms with van der Waals surface area (Å²) in [5.74, 6) is -2.85. The van der Waals surface area contributed by atoms with Gasteiger partial charge in [0.2, 0.25) is 0 Å². The van der Waals surface area contributed by atoms with Crippen LogP contribution in [0.4, 0.5) is 11.4 Å². The van der Waals surface area contributed by atoms with E-state index in [1.54, 1.807) is 30.6 Å². The zero-order chi connectivity index (χ0) is 24.0. The van der Waals surface area contributed by atoms with Crippen LogP contribution in [0.1, 0.15) is 25.0 Å². The largest absolute Gasteiger partial charge is 0.419 e. The molecular formula is C25H19N3O6. The van der Waals surface area contributed by atoms with Crippen LogP contribution < -0.4 is 4.90 Å². The number of cyclic esters (lactones) is 2. The zero-order valence-electron chi connectivity index (χ0n) is 18.3. The van der Waals surface area contributed by atoms with Gasteiger partial charge in [-0.05, 0) is 17.7 Å². The van der Waals surface area contributed by atoms with Crippen molar-refractivity contribution in [1.82, 2.24) is 4.98 Å². The number of aromatic nitrogens is 1. The highest BCUT2D eigenvalue weighted by Crippen LogP contribution is 2.41. The third kappa shape index (κ3) is 3.66.